The van der Waals surface area contributed by atoms with Crippen LogP contribution in [0.5, 0.6) is 17.4 Å². The van der Waals surface area contributed by atoms with Crippen molar-refractivity contribution in [3.63, 3.8) is 0 Å². The van der Waals surface area contributed by atoms with Crippen LogP contribution >= 0.6 is 11.6 Å². The fraction of sp³-hybridized carbons (Fsp3) is 0.118. The molecule has 2 aromatic carbocycles. The highest BCUT2D eigenvalue weighted by Crippen LogP contribution is 2.29. The molecule has 0 bridgehead atoms. The van der Waals surface area contributed by atoms with E-state index in [1.54, 1.807) is 7.11 Å². The molecule has 4 heteroatoms. The molecule has 0 amide bonds. The molecule has 0 saturated carbocycles. The molecule has 0 fully saturated rings. The Morgan fingerprint density at radius 3 is 2.43 bits per heavy atom. The Morgan fingerprint density at radius 2 is 1.71 bits per heavy atom. The summed E-state index contributed by atoms with van der Waals surface area (Å²) in [6.45, 7) is 0. The Hall–Kier alpha value is -2.26. The number of halogens is 1. The quantitative estimate of drug-likeness (QED) is 0.650. The minimum atomic E-state index is 0.351. The molecule has 0 radical (unpaired) electrons. The normalized spacial score (nSPS) is 10.6. The highest BCUT2D eigenvalue weighted by molar-refractivity contribution is 6.17. The summed E-state index contributed by atoms with van der Waals surface area (Å²) in [5, 5.41) is 1.05. The van der Waals surface area contributed by atoms with E-state index in [9.17, 15) is 0 Å². The van der Waals surface area contributed by atoms with Crippen LogP contribution in [0.4, 0.5) is 0 Å². The molecule has 0 atom stereocenters. The van der Waals surface area contributed by atoms with Gasteiger partial charge in [0.2, 0.25) is 5.88 Å². The van der Waals surface area contributed by atoms with Crippen LogP contribution in [0.2, 0.25) is 0 Å². The maximum Gasteiger partial charge on any atom is 0.224 e. The fourth-order valence-electron chi connectivity index (χ4n) is 2.08. The van der Waals surface area contributed by atoms with Gasteiger partial charge in [0, 0.05) is 10.9 Å². The number of pyridine rings is 1. The first-order chi connectivity index (χ1) is 10.3. The first kappa shape index (κ1) is 13.7. The van der Waals surface area contributed by atoms with Gasteiger partial charge in [0.1, 0.15) is 11.5 Å². The van der Waals surface area contributed by atoms with E-state index < -0.39 is 0 Å². The van der Waals surface area contributed by atoms with Crippen LogP contribution in [-0.4, -0.2) is 12.1 Å². The molecular weight excluding hydrogens is 286 g/mol. The van der Waals surface area contributed by atoms with Gasteiger partial charge in [-0.2, -0.15) is 0 Å². The van der Waals surface area contributed by atoms with Gasteiger partial charge < -0.3 is 9.47 Å². The third kappa shape index (κ3) is 2.93. The summed E-state index contributed by atoms with van der Waals surface area (Å²) in [4.78, 5) is 4.55. The molecule has 3 nitrogen and oxygen atoms in total. The summed E-state index contributed by atoms with van der Waals surface area (Å²) in [6.07, 6.45) is 0. The minimum absolute atomic E-state index is 0.351. The lowest BCUT2D eigenvalue weighted by molar-refractivity contribution is 0.412. The summed E-state index contributed by atoms with van der Waals surface area (Å²) in [7, 11) is 1.63. The van der Waals surface area contributed by atoms with Crippen molar-refractivity contribution in [3.05, 3.63) is 60.2 Å². The van der Waals surface area contributed by atoms with Crippen molar-refractivity contribution in [2.75, 3.05) is 7.11 Å². The first-order valence-corrected chi connectivity index (χ1v) is 7.10. The highest BCUT2D eigenvalue weighted by Gasteiger charge is 2.08. The molecule has 3 rings (SSSR count). The van der Waals surface area contributed by atoms with Crippen molar-refractivity contribution < 1.29 is 9.47 Å². The van der Waals surface area contributed by atoms with E-state index in [4.69, 9.17) is 21.1 Å². The number of alkyl halides is 1. The van der Waals surface area contributed by atoms with Gasteiger partial charge in [-0.15, -0.1) is 11.6 Å². The SMILES string of the molecule is COc1ccc(Oc2nc3ccccc3cc2CCl)cc1. The Labute approximate surface area is 128 Å². The van der Waals surface area contributed by atoms with Crippen molar-refractivity contribution in [2.24, 2.45) is 0 Å². The topological polar surface area (TPSA) is 31.4 Å². The third-order valence-electron chi connectivity index (χ3n) is 3.18. The van der Waals surface area contributed by atoms with Gasteiger partial charge in [-0.05, 0) is 36.4 Å². The number of ether oxygens (including phenoxy) is 2. The predicted molar refractivity (Wildman–Crippen MR) is 84.4 cm³/mol. The van der Waals surface area contributed by atoms with Gasteiger partial charge in [0.25, 0.3) is 0 Å². The maximum absolute atomic E-state index is 6.01. The zero-order valence-electron chi connectivity index (χ0n) is 11.5. The van der Waals surface area contributed by atoms with E-state index in [0.717, 1.165) is 22.2 Å². The number of aromatic nitrogens is 1. The van der Waals surface area contributed by atoms with Gasteiger partial charge in [-0.3, -0.25) is 0 Å². The second-order valence-corrected chi connectivity index (χ2v) is 4.82. The summed E-state index contributed by atoms with van der Waals surface area (Å²) in [5.41, 5.74) is 1.75. The van der Waals surface area contributed by atoms with E-state index in [1.807, 2.05) is 54.6 Å². The lowest BCUT2D eigenvalue weighted by Gasteiger charge is -2.10. The van der Waals surface area contributed by atoms with E-state index >= 15 is 0 Å². The molecule has 0 N–H and O–H groups in total. The smallest absolute Gasteiger partial charge is 0.224 e. The van der Waals surface area contributed by atoms with Gasteiger partial charge >= 0.3 is 0 Å². The van der Waals surface area contributed by atoms with Crippen LogP contribution in [0, 0.1) is 0 Å². The van der Waals surface area contributed by atoms with Crippen molar-refractivity contribution >= 4 is 22.5 Å². The predicted octanol–water partition coefficient (Wildman–Crippen LogP) is 4.77. The van der Waals surface area contributed by atoms with E-state index in [0.29, 0.717) is 17.5 Å². The van der Waals surface area contributed by atoms with Crippen LogP contribution in [0.25, 0.3) is 10.9 Å². The van der Waals surface area contributed by atoms with Crippen molar-refractivity contribution in [3.8, 4) is 17.4 Å². The Morgan fingerprint density at radius 1 is 1.00 bits per heavy atom. The third-order valence-corrected chi connectivity index (χ3v) is 3.47. The molecule has 0 saturated heterocycles. The standard InChI is InChI=1S/C17H14ClNO2/c1-20-14-6-8-15(9-7-14)21-17-13(11-18)10-12-4-2-3-5-16(12)19-17/h2-10H,11H2,1H3. The second kappa shape index (κ2) is 6.02. The van der Waals surface area contributed by atoms with Crippen molar-refractivity contribution in [1.82, 2.24) is 4.98 Å². The van der Waals surface area contributed by atoms with Crippen LogP contribution in [0.1, 0.15) is 5.56 Å². The van der Waals surface area contributed by atoms with Gasteiger partial charge in [0.15, 0.2) is 0 Å². The Kier molecular flexibility index (Phi) is 3.93. The Bertz CT molecular complexity index is 756. The molecule has 0 aliphatic carbocycles. The summed E-state index contributed by atoms with van der Waals surface area (Å²) in [6, 6.07) is 17.3. The second-order valence-electron chi connectivity index (χ2n) is 4.56. The van der Waals surface area contributed by atoms with Crippen LogP contribution < -0.4 is 9.47 Å². The summed E-state index contributed by atoms with van der Waals surface area (Å²) >= 11 is 6.01. The largest absolute Gasteiger partial charge is 0.497 e. The average molecular weight is 300 g/mol. The molecule has 3 aromatic rings. The van der Waals surface area contributed by atoms with Gasteiger partial charge in [0.05, 0.1) is 18.5 Å². The maximum atomic E-state index is 6.01. The summed E-state index contributed by atoms with van der Waals surface area (Å²) in [5.74, 6) is 2.37. The molecule has 21 heavy (non-hydrogen) atoms. The zero-order chi connectivity index (χ0) is 14.7. The first-order valence-electron chi connectivity index (χ1n) is 6.56. The number of nitrogens with zero attached hydrogens (tertiary/aromatic N) is 1. The minimum Gasteiger partial charge on any atom is -0.497 e. The number of methoxy groups -OCH3 is 1. The molecule has 0 aliphatic rings. The molecule has 1 aromatic heterocycles. The zero-order valence-corrected chi connectivity index (χ0v) is 12.3. The van der Waals surface area contributed by atoms with Crippen LogP contribution in [0.3, 0.4) is 0 Å². The fourth-order valence-corrected chi connectivity index (χ4v) is 2.27. The van der Waals surface area contributed by atoms with Gasteiger partial charge in [-0.25, -0.2) is 4.98 Å². The number of fused-ring (bicyclic) bond motifs is 1. The van der Waals surface area contributed by atoms with E-state index in [1.165, 1.54) is 0 Å². The number of hydrogen-bond donors (Lipinski definition) is 0. The average Bonchev–Trinajstić information content (AvgIpc) is 2.55. The monoisotopic (exact) mass is 299 g/mol. The molecule has 0 aliphatic heterocycles. The van der Waals surface area contributed by atoms with Crippen LogP contribution in [0.15, 0.2) is 54.6 Å². The summed E-state index contributed by atoms with van der Waals surface area (Å²) < 4.78 is 11.0. The number of benzene rings is 2. The molecule has 0 spiro atoms. The molecular formula is C17H14ClNO2. The van der Waals surface area contributed by atoms with Crippen molar-refractivity contribution in [1.29, 1.82) is 0 Å². The Balaban J connectivity index is 1.97. The van der Waals surface area contributed by atoms with Crippen molar-refractivity contribution in [2.45, 2.75) is 5.88 Å². The van der Waals surface area contributed by atoms with Gasteiger partial charge in [-0.1, -0.05) is 18.2 Å². The molecule has 106 valence electrons. The molecule has 0 unspecified atom stereocenters. The lowest BCUT2D eigenvalue weighted by Crippen LogP contribution is -1.94. The number of rotatable bonds is 4. The lowest BCUT2D eigenvalue weighted by atomic mass is 10.2. The number of hydrogen-bond acceptors (Lipinski definition) is 3. The van der Waals surface area contributed by atoms with E-state index in [-0.39, 0.29) is 0 Å². The highest BCUT2D eigenvalue weighted by atomic mass is 35.5. The van der Waals surface area contributed by atoms with E-state index in [2.05, 4.69) is 4.98 Å². The number of para-hydroxylation sites is 1. The van der Waals surface area contributed by atoms with Crippen LogP contribution in [-0.2, 0) is 5.88 Å². The molecule has 1 heterocycles.